The molecular weight excluding hydrogens is 587 g/mol. The number of carbonyl (C=O) groups is 2. The van der Waals surface area contributed by atoms with Gasteiger partial charge in [-0.2, -0.15) is 18.3 Å². The summed E-state index contributed by atoms with van der Waals surface area (Å²) in [7, 11) is 1.35. The molecule has 4 heterocycles. The number of fused-ring (bicyclic) bond motifs is 1. The maximum absolute atomic E-state index is 14.1. The van der Waals surface area contributed by atoms with Crippen molar-refractivity contribution in [3.63, 3.8) is 0 Å². The van der Waals surface area contributed by atoms with Crippen LogP contribution in [0.1, 0.15) is 72.1 Å². The average Bonchev–Trinajstić information content (AvgIpc) is 3.50. The van der Waals surface area contributed by atoms with E-state index in [1.807, 2.05) is 0 Å². The third kappa shape index (κ3) is 6.69. The number of imidazole rings is 1. The Kier molecular flexibility index (Phi) is 8.26. The van der Waals surface area contributed by atoms with Gasteiger partial charge in [0.05, 0.1) is 56.0 Å². The van der Waals surface area contributed by atoms with Crippen LogP contribution in [0.4, 0.5) is 26.7 Å². The monoisotopic (exact) mass is 616 g/mol. The number of alkyl halides is 5. The Hall–Kier alpha value is -3.93. The first-order valence-corrected chi connectivity index (χ1v) is 13.4. The summed E-state index contributed by atoms with van der Waals surface area (Å²) in [6, 6.07) is -1.40. The molecule has 0 aromatic carbocycles. The molecule has 1 aliphatic heterocycles. The van der Waals surface area contributed by atoms with Crippen LogP contribution in [0.15, 0.2) is 23.1 Å². The molecule has 1 saturated heterocycles. The first-order valence-electron chi connectivity index (χ1n) is 13.4. The van der Waals surface area contributed by atoms with Gasteiger partial charge in [0, 0.05) is 18.6 Å². The summed E-state index contributed by atoms with van der Waals surface area (Å²) in [5.41, 5.74) is 0.834. The number of urea groups is 1. The third-order valence-electron chi connectivity index (χ3n) is 7.25. The molecule has 2 aliphatic rings. The van der Waals surface area contributed by atoms with Crippen molar-refractivity contribution in [3.05, 3.63) is 41.1 Å². The van der Waals surface area contributed by atoms with Gasteiger partial charge >= 0.3 is 12.2 Å². The summed E-state index contributed by atoms with van der Waals surface area (Å²) in [5, 5.41) is 16.5. The Morgan fingerprint density at radius 2 is 2.02 bits per heavy atom. The molecule has 0 bridgehead atoms. The van der Waals surface area contributed by atoms with Crippen LogP contribution in [0.3, 0.4) is 0 Å². The van der Waals surface area contributed by atoms with E-state index in [1.54, 1.807) is 0 Å². The Labute approximate surface area is 241 Å². The quantitative estimate of drug-likeness (QED) is 0.310. The summed E-state index contributed by atoms with van der Waals surface area (Å²) >= 11 is 0. The summed E-state index contributed by atoms with van der Waals surface area (Å²) in [5.74, 6) is -3.92. The molecule has 0 radical (unpaired) electrons. The minimum Gasteiger partial charge on any atom is -0.382 e. The topological polar surface area (TPSA) is 149 Å². The first-order chi connectivity index (χ1) is 20.3. The molecule has 2 N–H and O–H groups in total. The van der Waals surface area contributed by atoms with Crippen molar-refractivity contribution >= 4 is 17.6 Å². The highest BCUT2D eigenvalue weighted by Gasteiger charge is 2.43. The van der Waals surface area contributed by atoms with E-state index >= 15 is 0 Å². The average molecular weight is 617 g/mol. The number of hydrogen-bond acceptors (Lipinski definition) is 9. The van der Waals surface area contributed by atoms with Gasteiger partial charge in [-0.15, -0.1) is 0 Å². The molecular formula is C25H29F5N8O5. The van der Waals surface area contributed by atoms with Crippen molar-refractivity contribution in [2.45, 2.75) is 69.0 Å². The minimum absolute atomic E-state index is 0.00386. The minimum atomic E-state index is -4.67. The fourth-order valence-corrected chi connectivity index (χ4v) is 4.80. The largest absolute Gasteiger partial charge is 0.414 e. The lowest BCUT2D eigenvalue weighted by molar-refractivity contribution is -0.227. The second-order valence-electron chi connectivity index (χ2n) is 10.6. The van der Waals surface area contributed by atoms with E-state index in [-0.39, 0.29) is 29.6 Å². The van der Waals surface area contributed by atoms with Crippen LogP contribution in [0.2, 0.25) is 0 Å². The van der Waals surface area contributed by atoms with Crippen LogP contribution in [-0.4, -0.2) is 92.9 Å². The second-order valence-corrected chi connectivity index (χ2v) is 10.6. The third-order valence-corrected chi connectivity index (χ3v) is 7.25. The van der Waals surface area contributed by atoms with Crippen molar-refractivity contribution in [2.75, 3.05) is 26.8 Å². The van der Waals surface area contributed by atoms with E-state index in [4.69, 9.17) is 14.1 Å². The number of carbonyl (C=O) groups excluding carboxylic acids is 2. The number of ether oxygens (including phenoxy) is 2. The lowest BCUT2D eigenvalue weighted by Crippen LogP contribution is -2.58. The Balaban J connectivity index is 1.46. The fraction of sp³-hybridized carbons (Fsp3) is 0.600. The van der Waals surface area contributed by atoms with Gasteiger partial charge in [0.2, 0.25) is 0 Å². The zero-order valence-corrected chi connectivity index (χ0v) is 23.3. The van der Waals surface area contributed by atoms with Crippen molar-refractivity contribution in [2.24, 2.45) is 0 Å². The van der Waals surface area contributed by atoms with E-state index in [2.05, 4.69) is 31.0 Å². The van der Waals surface area contributed by atoms with E-state index < -0.39 is 61.4 Å². The maximum atomic E-state index is 14.1. The highest BCUT2D eigenvalue weighted by Crippen LogP contribution is 2.40. The number of nitrogens with one attached hydrogen (secondary N) is 2. The Morgan fingerprint density at radius 3 is 2.70 bits per heavy atom. The van der Waals surface area contributed by atoms with Gasteiger partial charge in [0.15, 0.2) is 17.4 Å². The molecule has 1 saturated carbocycles. The summed E-state index contributed by atoms with van der Waals surface area (Å²) in [6.45, 7) is 0.412. The summed E-state index contributed by atoms with van der Waals surface area (Å²) in [4.78, 5) is 31.1. The maximum Gasteiger partial charge on any atom is 0.414 e. The number of rotatable bonds is 11. The van der Waals surface area contributed by atoms with Gasteiger partial charge in [0.25, 0.3) is 11.8 Å². The van der Waals surface area contributed by atoms with Gasteiger partial charge in [-0.25, -0.2) is 27.7 Å². The number of methoxy groups -OCH3 is 1. The molecule has 3 amide bonds. The lowest BCUT2D eigenvalue weighted by Gasteiger charge is -2.38. The Morgan fingerprint density at radius 1 is 1.28 bits per heavy atom. The molecule has 1 aliphatic carbocycles. The van der Waals surface area contributed by atoms with E-state index in [0.717, 1.165) is 24.7 Å². The molecule has 43 heavy (non-hydrogen) atoms. The van der Waals surface area contributed by atoms with E-state index in [1.165, 1.54) is 37.0 Å². The fourth-order valence-electron chi connectivity index (χ4n) is 4.80. The highest BCUT2D eigenvalue weighted by molar-refractivity contribution is 5.93. The zero-order chi connectivity index (χ0) is 31.1. The molecule has 234 valence electrons. The van der Waals surface area contributed by atoms with E-state index in [9.17, 15) is 31.5 Å². The normalized spacial score (nSPS) is 20.0. The molecule has 3 aromatic heterocycles. The molecule has 4 unspecified atom stereocenters. The number of hydrogen-bond donors (Lipinski definition) is 2. The number of aromatic nitrogens is 5. The van der Waals surface area contributed by atoms with Crippen LogP contribution < -0.4 is 10.6 Å². The SMILES string of the molecule is COCC(c1cnn2cc(C(NC(=O)c3nonc3C3CC3)C(C)OC(C)C(F)(F)F)nc2c1)N1CC(F)(F)CNC1=O. The van der Waals surface area contributed by atoms with Crippen LogP contribution in [-0.2, 0) is 9.47 Å². The predicted octanol–water partition coefficient (Wildman–Crippen LogP) is 3.16. The van der Waals surface area contributed by atoms with Crippen molar-refractivity contribution in [3.8, 4) is 0 Å². The Bertz CT molecular complexity index is 1480. The molecule has 13 nitrogen and oxygen atoms in total. The molecule has 4 atom stereocenters. The van der Waals surface area contributed by atoms with Crippen molar-refractivity contribution < 1.29 is 45.6 Å². The van der Waals surface area contributed by atoms with Crippen LogP contribution in [0, 0.1) is 0 Å². The van der Waals surface area contributed by atoms with Crippen molar-refractivity contribution in [1.29, 1.82) is 0 Å². The molecule has 18 heteroatoms. The van der Waals surface area contributed by atoms with Gasteiger partial charge < -0.3 is 25.0 Å². The number of amides is 3. The van der Waals surface area contributed by atoms with Crippen LogP contribution >= 0.6 is 0 Å². The summed E-state index contributed by atoms with van der Waals surface area (Å²) in [6.07, 6.45) is -3.76. The molecule has 0 spiro atoms. The molecule has 3 aromatic rings. The number of nitrogens with zero attached hydrogens (tertiary/aromatic N) is 6. The van der Waals surface area contributed by atoms with Gasteiger partial charge in [0.1, 0.15) is 5.69 Å². The van der Waals surface area contributed by atoms with Gasteiger partial charge in [-0.05, 0) is 37.9 Å². The van der Waals surface area contributed by atoms with Gasteiger partial charge in [-0.3, -0.25) is 4.79 Å². The van der Waals surface area contributed by atoms with Crippen LogP contribution in [0.25, 0.3) is 5.65 Å². The molecule has 5 rings (SSSR count). The molecule has 2 fully saturated rings. The highest BCUT2D eigenvalue weighted by atomic mass is 19.4. The smallest absolute Gasteiger partial charge is 0.382 e. The number of halogens is 5. The lowest BCUT2D eigenvalue weighted by atomic mass is 10.1. The standard InChI is InChI=1S/C25H29F5N8O5/c1-12(42-13(2)25(28,29)30)19(34-22(39)21-20(14-4-5-14)35-43-36-21)16-8-38-18(33-16)6-15(7-32-38)17(9-41-3)37-11-24(26,27)10-31-23(37)40/h6-8,12-14,17,19H,4-5,9-11H2,1-3H3,(H,31,40)(H,34,39). The summed E-state index contributed by atoms with van der Waals surface area (Å²) < 4.78 is 84.7. The van der Waals surface area contributed by atoms with Gasteiger partial charge in [-0.1, -0.05) is 5.16 Å². The first kappa shape index (κ1) is 30.5. The van der Waals surface area contributed by atoms with E-state index in [0.29, 0.717) is 11.3 Å². The van der Waals surface area contributed by atoms with Crippen molar-refractivity contribution in [1.82, 2.24) is 40.4 Å². The van der Waals surface area contributed by atoms with Crippen LogP contribution in [0.5, 0.6) is 0 Å². The predicted molar refractivity (Wildman–Crippen MR) is 135 cm³/mol. The second kappa shape index (κ2) is 11.6. The zero-order valence-electron chi connectivity index (χ0n) is 23.3.